The summed E-state index contributed by atoms with van der Waals surface area (Å²) >= 11 is 7.42. The van der Waals surface area contributed by atoms with E-state index in [1.54, 1.807) is 30.5 Å². The molecule has 2 fully saturated rings. The highest BCUT2D eigenvalue weighted by Crippen LogP contribution is 2.45. The van der Waals surface area contributed by atoms with Gasteiger partial charge in [-0.05, 0) is 56.2 Å². The van der Waals surface area contributed by atoms with Gasteiger partial charge in [-0.15, -0.1) is 11.8 Å². The second kappa shape index (κ2) is 12.0. The number of benzene rings is 2. The fraction of sp³-hybridized carbons (Fsp3) is 0.429. The molecule has 12 heteroatoms. The molecule has 0 unspecified atom stereocenters. The van der Waals surface area contributed by atoms with Crippen LogP contribution in [0.15, 0.2) is 64.4 Å². The molecule has 1 saturated carbocycles. The van der Waals surface area contributed by atoms with Crippen molar-refractivity contribution in [3.8, 4) is 17.2 Å². The third-order valence-corrected chi connectivity index (χ3v) is 10.7. The van der Waals surface area contributed by atoms with Crippen molar-refractivity contribution >= 4 is 39.1 Å². The van der Waals surface area contributed by atoms with E-state index in [2.05, 4.69) is 12.0 Å². The molecule has 214 valence electrons. The van der Waals surface area contributed by atoms with Crippen molar-refractivity contribution in [3.63, 3.8) is 0 Å². The lowest BCUT2D eigenvalue weighted by Gasteiger charge is -2.35. The predicted octanol–water partition coefficient (Wildman–Crippen LogP) is 4.67. The number of halogens is 1. The number of sulfonamides is 1. The maximum atomic E-state index is 13.6. The van der Waals surface area contributed by atoms with E-state index in [1.807, 2.05) is 36.1 Å². The number of ether oxygens (including phenoxy) is 2. The standard InChI is InChI=1S/C28H33ClN4O5S2/c1-3-37-23-8-5-9-24(17-23)39-20-40(35,36)32-14-12-31(13-15-32)25-18-30-33(22-7-4-6-21(29)16-22)27(34)26(25)38-19-28(2)10-11-28/h4-9,16-18H,3,10-15,19-20H2,1-2H3. The van der Waals surface area contributed by atoms with E-state index in [4.69, 9.17) is 21.1 Å². The lowest BCUT2D eigenvalue weighted by atomic mass is 10.2. The molecule has 0 amide bonds. The molecular formula is C28H33ClN4O5S2. The number of aromatic nitrogens is 2. The number of thioether (sulfide) groups is 1. The van der Waals surface area contributed by atoms with Crippen molar-refractivity contribution in [2.45, 2.75) is 31.6 Å². The highest BCUT2D eigenvalue weighted by atomic mass is 35.5. The largest absolute Gasteiger partial charge is 0.494 e. The molecule has 1 aliphatic heterocycles. The highest BCUT2D eigenvalue weighted by molar-refractivity contribution is 8.11. The molecule has 0 spiro atoms. The third-order valence-electron chi connectivity index (χ3n) is 7.10. The van der Waals surface area contributed by atoms with E-state index in [1.165, 1.54) is 20.7 Å². The quantitative estimate of drug-likeness (QED) is 0.292. The van der Waals surface area contributed by atoms with Gasteiger partial charge in [0.15, 0.2) is 0 Å². The van der Waals surface area contributed by atoms with E-state index in [9.17, 15) is 13.2 Å². The van der Waals surface area contributed by atoms with Crippen molar-refractivity contribution in [1.29, 1.82) is 0 Å². The second-order valence-electron chi connectivity index (χ2n) is 10.3. The van der Waals surface area contributed by atoms with Crippen LogP contribution in [0.4, 0.5) is 5.69 Å². The molecule has 9 nitrogen and oxygen atoms in total. The normalized spacial score (nSPS) is 17.0. The summed E-state index contributed by atoms with van der Waals surface area (Å²) in [5, 5.41) is 4.85. The average molecular weight is 605 g/mol. The molecule has 1 aromatic heterocycles. The SMILES string of the molecule is CCOc1cccc(SCS(=O)(=O)N2CCN(c3cnn(-c4cccc(Cl)c4)c(=O)c3OCC3(C)CC3)CC2)c1. The maximum absolute atomic E-state index is 13.6. The number of nitrogens with zero attached hydrogens (tertiary/aromatic N) is 4. The summed E-state index contributed by atoms with van der Waals surface area (Å²) in [5.41, 5.74) is 0.823. The minimum Gasteiger partial charge on any atom is -0.494 e. The number of hydrogen-bond donors (Lipinski definition) is 0. The summed E-state index contributed by atoms with van der Waals surface area (Å²) in [6, 6.07) is 14.4. The Hall–Kier alpha value is -2.73. The van der Waals surface area contributed by atoms with E-state index in [0.717, 1.165) is 23.5 Å². The Kier molecular flexibility index (Phi) is 8.65. The zero-order valence-corrected chi connectivity index (χ0v) is 25.0. The summed E-state index contributed by atoms with van der Waals surface area (Å²) in [7, 11) is -3.50. The molecule has 0 radical (unpaired) electrons. The van der Waals surface area contributed by atoms with Crippen molar-refractivity contribution < 1.29 is 17.9 Å². The number of piperazine rings is 1. The lowest BCUT2D eigenvalue weighted by Crippen LogP contribution is -2.49. The van der Waals surface area contributed by atoms with Crippen LogP contribution in [0.2, 0.25) is 5.02 Å². The first-order chi connectivity index (χ1) is 19.2. The number of anilines is 1. The van der Waals surface area contributed by atoms with Gasteiger partial charge in [-0.25, -0.2) is 8.42 Å². The summed E-state index contributed by atoms with van der Waals surface area (Å²) in [6.07, 6.45) is 3.74. The Bertz CT molecular complexity index is 1520. The predicted molar refractivity (Wildman–Crippen MR) is 159 cm³/mol. The van der Waals surface area contributed by atoms with Gasteiger partial charge in [0.1, 0.15) is 16.5 Å². The maximum Gasteiger partial charge on any atom is 0.316 e. The van der Waals surface area contributed by atoms with Crippen LogP contribution in [0.5, 0.6) is 11.5 Å². The Morgan fingerprint density at radius 1 is 1.05 bits per heavy atom. The topological polar surface area (TPSA) is 94.0 Å². The first-order valence-corrected chi connectivity index (χ1v) is 16.2. The zero-order chi connectivity index (χ0) is 28.3. The average Bonchev–Trinajstić information content (AvgIpc) is 3.68. The number of rotatable bonds is 11. The first-order valence-electron chi connectivity index (χ1n) is 13.3. The van der Waals surface area contributed by atoms with Gasteiger partial charge >= 0.3 is 5.56 Å². The molecule has 0 N–H and O–H groups in total. The Labute approximate surface area is 244 Å². The second-order valence-corrected chi connectivity index (χ2v) is 14.1. The Morgan fingerprint density at radius 3 is 2.50 bits per heavy atom. The molecule has 0 bridgehead atoms. The summed E-state index contributed by atoms with van der Waals surface area (Å²) in [4.78, 5) is 16.4. The monoisotopic (exact) mass is 604 g/mol. The number of hydrogen-bond acceptors (Lipinski definition) is 8. The smallest absolute Gasteiger partial charge is 0.316 e. The van der Waals surface area contributed by atoms with Crippen LogP contribution >= 0.6 is 23.4 Å². The van der Waals surface area contributed by atoms with E-state index >= 15 is 0 Å². The van der Waals surface area contributed by atoms with Gasteiger partial charge in [0, 0.05) is 41.5 Å². The van der Waals surface area contributed by atoms with Crippen molar-refractivity contribution in [1.82, 2.24) is 14.1 Å². The van der Waals surface area contributed by atoms with Crippen LogP contribution in [0.25, 0.3) is 5.69 Å². The molecule has 2 heterocycles. The minimum absolute atomic E-state index is 0.0627. The van der Waals surface area contributed by atoms with E-state index < -0.39 is 10.0 Å². The molecule has 40 heavy (non-hydrogen) atoms. The Balaban J connectivity index is 1.30. The molecule has 2 aliphatic rings. The van der Waals surface area contributed by atoms with Crippen LogP contribution in [0.1, 0.15) is 26.7 Å². The molecule has 1 aliphatic carbocycles. The lowest BCUT2D eigenvalue weighted by molar-refractivity contribution is 0.242. The Morgan fingerprint density at radius 2 is 1.80 bits per heavy atom. The minimum atomic E-state index is -3.50. The van der Waals surface area contributed by atoms with Gasteiger partial charge in [-0.1, -0.05) is 30.7 Å². The summed E-state index contributed by atoms with van der Waals surface area (Å²) < 4.78 is 40.7. The van der Waals surface area contributed by atoms with Crippen LogP contribution in [-0.2, 0) is 10.0 Å². The third kappa shape index (κ3) is 6.76. The van der Waals surface area contributed by atoms with Gasteiger partial charge < -0.3 is 14.4 Å². The van der Waals surface area contributed by atoms with Crippen LogP contribution in [0, 0.1) is 5.41 Å². The van der Waals surface area contributed by atoms with Gasteiger partial charge in [-0.3, -0.25) is 4.79 Å². The summed E-state index contributed by atoms with van der Waals surface area (Å²) in [6.45, 7) is 6.47. The fourth-order valence-corrected chi connectivity index (χ4v) is 7.45. The molecule has 5 rings (SSSR count). The molecule has 2 aromatic carbocycles. The van der Waals surface area contributed by atoms with Crippen molar-refractivity contribution in [2.75, 3.05) is 49.4 Å². The van der Waals surface area contributed by atoms with Crippen LogP contribution < -0.4 is 19.9 Å². The molecular weight excluding hydrogens is 572 g/mol. The molecule has 3 aromatic rings. The van der Waals surface area contributed by atoms with Gasteiger partial charge in [0.2, 0.25) is 15.8 Å². The highest BCUT2D eigenvalue weighted by Gasteiger charge is 2.39. The molecule has 0 atom stereocenters. The fourth-order valence-electron chi connectivity index (χ4n) is 4.43. The van der Waals surface area contributed by atoms with E-state index in [0.29, 0.717) is 55.8 Å². The van der Waals surface area contributed by atoms with Gasteiger partial charge in [-0.2, -0.15) is 14.1 Å². The van der Waals surface area contributed by atoms with Gasteiger partial charge in [0.05, 0.1) is 25.1 Å². The van der Waals surface area contributed by atoms with Crippen LogP contribution in [0.3, 0.4) is 0 Å². The van der Waals surface area contributed by atoms with Gasteiger partial charge in [0.25, 0.3) is 0 Å². The van der Waals surface area contributed by atoms with Crippen molar-refractivity contribution in [3.05, 3.63) is 70.1 Å². The van der Waals surface area contributed by atoms with Crippen LogP contribution in [-0.4, -0.2) is 67.0 Å². The first kappa shape index (κ1) is 28.8. The molecule has 1 saturated heterocycles. The van der Waals surface area contributed by atoms with E-state index in [-0.39, 0.29) is 21.8 Å². The van der Waals surface area contributed by atoms with Crippen molar-refractivity contribution in [2.24, 2.45) is 5.41 Å². The zero-order valence-electron chi connectivity index (χ0n) is 22.6. The summed E-state index contributed by atoms with van der Waals surface area (Å²) in [5.74, 6) is 0.947.